The van der Waals surface area contributed by atoms with Crippen LogP contribution in [0, 0.1) is 21.4 Å². The van der Waals surface area contributed by atoms with Gasteiger partial charge < -0.3 is 5.73 Å². The van der Waals surface area contributed by atoms with Crippen LogP contribution in [-0.4, -0.2) is 10.8 Å². The van der Waals surface area contributed by atoms with Crippen LogP contribution in [-0.2, 0) is 4.79 Å². The Labute approximate surface area is 138 Å². The van der Waals surface area contributed by atoms with Crippen molar-refractivity contribution < 1.29 is 9.72 Å². The molecule has 0 aliphatic rings. The van der Waals surface area contributed by atoms with Gasteiger partial charge in [-0.3, -0.25) is 14.9 Å². The molecule has 2 aromatic carbocycles. The number of carbonyl (C=O) groups excluding carboxylic acids is 1. The molecule has 2 aromatic rings. The molecule has 0 heterocycles. The van der Waals surface area contributed by atoms with E-state index in [9.17, 15) is 14.9 Å². The average Bonchev–Trinajstić information content (AvgIpc) is 2.59. The molecule has 2 rings (SSSR count). The van der Waals surface area contributed by atoms with Gasteiger partial charge >= 0.3 is 0 Å². The lowest BCUT2D eigenvalue weighted by molar-refractivity contribution is -0.384. The van der Waals surface area contributed by atoms with E-state index in [0.717, 1.165) is 11.1 Å². The Balaban J connectivity index is 2.12. The van der Waals surface area contributed by atoms with Crippen molar-refractivity contribution in [3.8, 4) is 6.07 Å². The highest BCUT2D eigenvalue weighted by atomic mass is 16.6. The number of hydrogen-bond acceptors (Lipinski definition) is 4. The second kappa shape index (κ2) is 7.51. The van der Waals surface area contributed by atoms with Crippen molar-refractivity contribution in [3.05, 3.63) is 80.9 Å². The van der Waals surface area contributed by atoms with Crippen molar-refractivity contribution in [1.29, 1.82) is 5.26 Å². The molecular weight excluding hydrogens is 306 g/mol. The van der Waals surface area contributed by atoms with Gasteiger partial charge in [0, 0.05) is 12.1 Å². The van der Waals surface area contributed by atoms with E-state index in [1.165, 1.54) is 18.2 Å². The summed E-state index contributed by atoms with van der Waals surface area (Å²) in [5.74, 6) is -0.764. The number of rotatable bonds is 5. The smallest absolute Gasteiger partial charge is 0.269 e. The maximum atomic E-state index is 11.0. The van der Waals surface area contributed by atoms with Crippen molar-refractivity contribution in [2.24, 2.45) is 5.73 Å². The molecule has 0 radical (unpaired) electrons. The first-order valence-electron chi connectivity index (χ1n) is 6.94. The number of hydrogen-bond donors (Lipinski definition) is 1. The summed E-state index contributed by atoms with van der Waals surface area (Å²) in [6.45, 7) is 0. The maximum Gasteiger partial charge on any atom is 0.269 e. The second-order valence-electron chi connectivity index (χ2n) is 4.88. The van der Waals surface area contributed by atoms with Crippen LogP contribution in [0.5, 0.6) is 0 Å². The van der Waals surface area contributed by atoms with Gasteiger partial charge in [0.1, 0.15) is 11.6 Å². The Morgan fingerprint density at radius 2 is 1.46 bits per heavy atom. The minimum Gasteiger partial charge on any atom is -0.365 e. The highest BCUT2D eigenvalue weighted by Crippen LogP contribution is 2.15. The number of benzene rings is 2. The largest absolute Gasteiger partial charge is 0.365 e. The number of amides is 1. The lowest BCUT2D eigenvalue weighted by Gasteiger charge is -1.98. The van der Waals surface area contributed by atoms with Gasteiger partial charge in [-0.05, 0) is 34.9 Å². The highest BCUT2D eigenvalue weighted by Gasteiger charge is 2.03. The third-order valence-electron chi connectivity index (χ3n) is 3.21. The minimum absolute atomic E-state index is 0.0473. The monoisotopic (exact) mass is 319 g/mol. The van der Waals surface area contributed by atoms with E-state index in [2.05, 4.69) is 0 Å². The lowest BCUT2D eigenvalue weighted by Crippen LogP contribution is -2.12. The Hall–Kier alpha value is -3.72. The molecule has 2 N–H and O–H groups in total. The Bertz CT molecular complexity index is 858. The number of nitrogens with two attached hydrogens (primary N) is 1. The molecule has 0 saturated heterocycles. The first-order valence-corrected chi connectivity index (χ1v) is 6.94. The van der Waals surface area contributed by atoms with E-state index in [-0.39, 0.29) is 11.3 Å². The normalized spacial score (nSPS) is 11.2. The van der Waals surface area contributed by atoms with Gasteiger partial charge in [0.25, 0.3) is 11.6 Å². The molecule has 24 heavy (non-hydrogen) atoms. The van der Waals surface area contributed by atoms with Crippen molar-refractivity contribution in [2.45, 2.75) is 0 Å². The molecular formula is C18H13N3O3. The van der Waals surface area contributed by atoms with Gasteiger partial charge in [-0.25, -0.2) is 0 Å². The van der Waals surface area contributed by atoms with E-state index >= 15 is 0 Å². The summed E-state index contributed by atoms with van der Waals surface area (Å²) in [6.07, 6.45) is 5.11. The second-order valence-corrected chi connectivity index (χ2v) is 4.88. The van der Waals surface area contributed by atoms with E-state index in [0.29, 0.717) is 5.56 Å². The molecule has 0 aliphatic heterocycles. The molecule has 0 aromatic heterocycles. The number of non-ortho nitro benzene ring substituents is 1. The molecule has 0 unspecified atom stereocenters. The summed E-state index contributed by atoms with van der Waals surface area (Å²) >= 11 is 0. The van der Waals surface area contributed by atoms with Gasteiger partial charge in [-0.1, -0.05) is 36.4 Å². The fraction of sp³-hybridized carbons (Fsp3) is 0. The lowest BCUT2D eigenvalue weighted by atomic mass is 10.1. The van der Waals surface area contributed by atoms with Gasteiger partial charge in [0.2, 0.25) is 0 Å². The SMILES string of the molecule is N#CC(=Cc1ccc(C=Cc2ccc([N+](=O)[O-])cc2)cc1)C(N)=O. The van der Waals surface area contributed by atoms with E-state index in [1.54, 1.807) is 30.3 Å². The zero-order valence-electron chi connectivity index (χ0n) is 12.5. The topological polar surface area (TPSA) is 110 Å². The molecule has 0 fully saturated rings. The number of nitro benzene ring substituents is 1. The first kappa shape index (κ1) is 16.6. The van der Waals surface area contributed by atoms with Crippen molar-refractivity contribution in [1.82, 2.24) is 0 Å². The fourth-order valence-corrected chi connectivity index (χ4v) is 1.93. The molecule has 0 atom stereocenters. The fourth-order valence-electron chi connectivity index (χ4n) is 1.93. The van der Waals surface area contributed by atoms with Crippen LogP contribution in [0.3, 0.4) is 0 Å². The van der Waals surface area contributed by atoms with Gasteiger partial charge in [-0.2, -0.15) is 5.26 Å². The predicted molar refractivity (Wildman–Crippen MR) is 91.3 cm³/mol. The van der Waals surface area contributed by atoms with Crippen molar-refractivity contribution in [3.63, 3.8) is 0 Å². The highest BCUT2D eigenvalue weighted by molar-refractivity contribution is 6.00. The molecule has 6 heteroatoms. The summed E-state index contributed by atoms with van der Waals surface area (Å²) in [7, 11) is 0. The maximum absolute atomic E-state index is 11.0. The Kier molecular flexibility index (Phi) is 5.21. The van der Waals surface area contributed by atoms with Crippen LogP contribution in [0.4, 0.5) is 5.69 Å². The van der Waals surface area contributed by atoms with Crippen LogP contribution in [0.25, 0.3) is 18.2 Å². The molecule has 6 nitrogen and oxygen atoms in total. The van der Waals surface area contributed by atoms with Gasteiger partial charge in [-0.15, -0.1) is 0 Å². The molecule has 0 spiro atoms. The van der Waals surface area contributed by atoms with Gasteiger partial charge in [0.15, 0.2) is 0 Å². The first-order chi connectivity index (χ1) is 11.5. The summed E-state index contributed by atoms with van der Waals surface area (Å²) in [5.41, 5.74) is 7.46. The van der Waals surface area contributed by atoms with Crippen LogP contribution in [0.2, 0.25) is 0 Å². The van der Waals surface area contributed by atoms with Crippen LogP contribution >= 0.6 is 0 Å². The number of nitro groups is 1. The van der Waals surface area contributed by atoms with Crippen LogP contribution < -0.4 is 5.73 Å². The summed E-state index contributed by atoms with van der Waals surface area (Å²) in [5, 5.41) is 19.4. The number of nitrogens with zero attached hydrogens (tertiary/aromatic N) is 2. The van der Waals surface area contributed by atoms with E-state index < -0.39 is 10.8 Å². The molecule has 1 amide bonds. The quantitative estimate of drug-likeness (QED) is 0.300. The van der Waals surface area contributed by atoms with Crippen molar-refractivity contribution >= 4 is 29.8 Å². The minimum atomic E-state index is -0.764. The van der Waals surface area contributed by atoms with Crippen LogP contribution in [0.15, 0.2) is 54.1 Å². The third kappa shape index (κ3) is 4.39. The molecule has 0 saturated carbocycles. The van der Waals surface area contributed by atoms with Crippen molar-refractivity contribution in [2.75, 3.05) is 0 Å². The number of nitriles is 1. The number of carbonyl (C=O) groups is 1. The molecule has 0 bridgehead atoms. The summed E-state index contributed by atoms with van der Waals surface area (Å²) in [4.78, 5) is 21.2. The predicted octanol–water partition coefficient (Wildman–Crippen LogP) is 3.16. The zero-order valence-corrected chi connectivity index (χ0v) is 12.5. The van der Waals surface area contributed by atoms with Crippen LogP contribution in [0.1, 0.15) is 16.7 Å². The zero-order chi connectivity index (χ0) is 17.5. The average molecular weight is 319 g/mol. The third-order valence-corrected chi connectivity index (χ3v) is 3.21. The molecule has 118 valence electrons. The Morgan fingerprint density at radius 3 is 1.88 bits per heavy atom. The summed E-state index contributed by atoms with van der Waals surface area (Å²) < 4.78 is 0. The summed E-state index contributed by atoms with van der Waals surface area (Å²) in [6, 6.07) is 15.1. The van der Waals surface area contributed by atoms with E-state index in [1.807, 2.05) is 24.3 Å². The molecule has 0 aliphatic carbocycles. The standard InChI is InChI=1S/C18H13N3O3/c19-12-16(18(20)22)11-15-5-3-13(4-6-15)1-2-14-7-9-17(10-8-14)21(23)24/h1-11H,(H2,20,22). The number of primary amides is 1. The van der Waals surface area contributed by atoms with E-state index in [4.69, 9.17) is 11.0 Å². The Morgan fingerprint density at radius 1 is 1.00 bits per heavy atom. The van der Waals surface area contributed by atoms with Gasteiger partial charge in [0.05, 0.1) is 4.92 Å².